The molecule has 2 N–H and O–H groups in total. The fourth-order valence-corrected chi connectivity index (χ4v) is 2.69. The third-order valence-electron chi connectivity index (χ3n) is 4.21. The van der Waals surface area contributed by atoms with Gasteiger partial charge in [-0.2, -0.15) is 18.4 Å². The van der Waals surface area contributed by atoms with E-state index in [1.165, 1.54) is 30.3 Å². The standard InChI is InChI=1S/C23H16F3N3O3/c24-23(25,26)17-4-2-6-19(12-17)29-22(31)16-3-1-5-18(11-16)28-21(30)14-32-20-9-7-15(13-27)8-10-20/h1-12H,14H2,(H,28,30)(H,29,31). The molecule has 162 valence electrons. The summed E-state index contributed by atoms with van der Waals surface area (Å²) in [6.45, 7) is -0.299. The maximum Gasteiger partial charge on any atom is 0.416 e. The van der Waals surface area contributed by atoms with Crippen LogP contribution in [0.15, 0.2) is 72.8 Å². The number of nitrogens with zero attached hydrogens (tertiary/aromatic N) is 1. The first-order valence-electron chi connectivity index (χ1n) is 9.26. The SMILES string of the molecule is N#Cc1ccc(OCC(=O)Nc2cccc(C(=O)Nc3cccc(C(F)(F)F)c3)c2)cc1. The fourth-order valence-electron chi connectivity index (χ4n) is 2.69. The van der Waals surface area contributed by atoms with Crippen molar-refractivity contribution in [2.45, 2.75) is 6.18 Å². The minimum Gasteiger partial charge on any atom is -0.484 e. The van der Waals surface area contributed by atoms with E-state index in [2.05, 4.69) is 10.6 Å². The molecule has 2 amide bonds. The lowest BCUT2D eigenvalue weighted by atomic mass is 10.1. The number of ether oxygens (including phenoxy) is 1. The van der Waals surface area contributed by atoms with Gasteiger partial charge < -0.3 is 15.4 Å². The third-order valence-corrected chi connectivity index (χ3v) is 4.21. The molecule has 0 unspecified atom stereocenters. The molecule has 0 fully saturated rings. The molecule has 3 rings (SSSR count). The fraction of sp³-hybridized carbons (Fsp3) is 0.0870. The van der Waals surface area contributed by atoms with E-state index < -0.39 is 23.6 Å². The number of alkyl halides is 3. The van der Waals surface area contributed by atoms with Crippen LogP contribution in [0.2, 0.25) is 0 Å². The summed E-state index contributed by atoms with van der Waals surface area (Å²) in [4.78, 5) is 24.5. The molecule has 0 atom stereocenters. The highest BCUT2D eigenvalue weighted by atomic mass is 19.4. The molecule has 3 aromatic rings. The van der Waals surface area contributed by atoms with Gasteiger partial charge >= 0.3 is 6.18 Å². The highest BCUT2D eigenvalue weighted by Gasteiger charge is 2.30. The normalized spacial score (nSPS) is 10.7. The molecule has 32 heavy (non-hydrogen) atoms. The number of nitriles is 1. The molecule has 0 heterocycles. The van der Waals surface area contributed by atoms with Crippen molar-refractivity contribution in [1.82, 2.24) is 0 Å². The smallest absolute Gasteiger partial charge is 0.416 e. The van der Waals surface area contributed by atoms with E-state index in [0.717, 1.165) is 12.1 Å². The molecule has 0 radical (unpaired) electrons. The summed E-state index contributed by atoms with van der Waals surface area (Å²) in [5.41, 5.74) is 0.0408. The zero-order valence-corrected chi connectivity index (χ0v) is 16.4. The number of amides is 2. The first kappa shape index (κ1) is 22.4. The lowest BCUT2D eigenvalue weighted by Crippen LogP contribution is -2.20. The molecule has 0 bridgehead atoms. The summed E-state index contributed by atoms with van der Waals surface area (Å²) in [6.07, 6.45) is -4.52. The second-order valence-corrected chi connectivity index (χ2v) is 6.59. The lowest BCUT2D eigenvalue weighted by Gasteiger charge is -2.11. The van der Waals surface area contributed by atoms with E-state index in [-0.39, 0.29) is 17.9 Å². The Morgan fingerprint density at radius 3 is 2.22 bits per heavy atom. The highest BCUT2D eigenvalue weighted by Crippen LogP contribution is 2.30. The molecule has 0 saturated heterocycles. The van der Waals surface area contributed by atoms with E-state index in [1.807, 2.05) is 6.07 Å². The van der Waals surface area contributed by atoms with Gasteiger partial charge in [-0.15, -0.1) is 0 Å². The van der Waals surface area contributed by atoms with Gasteiger partial charge in [-0.3, -0.25) is 9.59 Å². The quantitative estimate of drug-likeness (QED) is 0.575. The van der Waals surface area contributed by atoms with Crippen LogP contribution in [-0.2, 0) is 11.0 Å². The molecular formula is C23H16F3N3O3. The van der Waals surface area contributed by atoms with E-state index in [9.17, 15) is 22.8 Å². The maximum atomic E-state index is 12.8. The van der Waals surface area contributed by atoms with Crippen LogP contribution < -0.4 is 15.4 Å². The summed E-state index contributed by atoms with van der Waals surface area (Å²) in [6, 6.07) is 18.4. The monoisotopic (exact) mass is 439 g/mol. The topological polar surface area (TPSA) is 91.2 Å². The van der Waals surface area contributed by atoms with Crippen molar-refractivity contribution in [2.75, 3.05) is 17.2 Å². The number of halogens is 3. The Morgan fingerprint density at radius 1 is 0.906 bits per heavy atom. The zero-order chi connectivity index (χ0) is 23.1. The Kier molecular flexibility index (Phi) is 6.75. The van der Waals surface area contributed by atoms with Crippen LogP contribution in [0.25, 0.3) is 0 Å². The molecule has 0 aliphatic rings. The van der Waals surface area contributed by atoms with Gasteiger partial charge in [-0.25, -0.2) is 0 Å². The van der Waals surface area contributed by atoms with E-state index in [1.54, 1.807) is 30.3 Å². The van der Waals surface area contributed by atoms with Crippen LogP contribution in [0.3, 0.4) is 0 Å². The highest BCUT2D eigenvalue weighted by molar-refractivity contribution is 6.05. The predicted molar refractivity (Wildman–Crippen MR) is 111 cm³/mol. The van der Waals surface area contributed by atoms with Gasteiger partial charge in [0.15, 0.2) is 6.61 Å². The second-order valence-electron chi connectivity index (χ2n) is 6.59. The number of anilines is 2. The van der Waals surface area contributed by atoms with Crippen LogP contribution in [0.1, 0.15) is 21.5 Å². The lowest BCUT2D eigenvalue weighted by molar-refractivity contribution is -0.137. The van der Waals surface area contributed by atoms with Gasteiger partial charge in [0.1, 0.15) is 5.75 Å². The van der Waals surface area contributed by atoms with Gasteiger partial charge in [0.05, 0.1) is 17.2 Å². The average molecular weight is 439 g/mol. The summed E-state index contributed by atoms with van der Waals surface area (Å²) in [7, 11) is 0. The summed E-state index contributed by atoms with van der Waals surface area (Å²) >= 11 is 0. The molecule has 0 aromatic heterocycles. The Labute approximate surface area is 181 Å². The van der Waals surface area contributed by atoms with Crippen LogP contribution in [0.5, 0.6) is 5.75 Å². The number of hydrogen-bond acceptors (Lipinski definition) is 4. The predicted octanol–water partition coefficient (Wildman–Crippen LogP) is 4.85. The number of hydrogen-bond donors (Lipinski definition) is 2. The van der Waals surface area contributed by atoms with Gasteiger partial charge in [0.25, 0.3) is 11.8 Å². The van der Waals surface area contributed by atoms with E-state index in [0.29, 0.717) is 17.0 Å². The molecule has 0 aliphatic heterocycles. The number of carbonyl (C=O) groups excluding carboxylic acids is 2. The second kappa shape index (κ2) is 9.66. The minimum absolute atomic E-state index is 0.00456. The third kappa shape index (κ3) is 6.09. The van der Waals surface area contributed by atoms with Crippen molar-refractivity contribution in [3.05, 3.63) is 89.5 Å². The number of benzene rings is 3. The van der Waals surface area contributed by atoms with Gasteiger partial charge in [0.2, 0.25) is 0 Å². The number of rotatable bonds is 6. The summed E-state index contributed by atoms with van der Waals surface area (Å²) in [5, 5.41) is 13.8. The Balaban J connectivity index is 1.60. The van der Waals surface area contributed by atoms with Gasteiger partial charge in [-0.1, -0.05) is 12.1 Å². The maximum absolute atomic E-state index is 12.8. The minimum atomic E-state index is -4.52. The largest absolute Gasteiger partial charge is 0.484 e. The summed E-state index contributed by atoms with van der Waals surface area (Å²) in [5.74, 6) is -0.701. The molecule has 3 aromatic carbocycles. The molecule has 0 aliphatic carbocycles. The van der Waals surface area contributed by atoms with E-state index >= 15 is 0 Å². The Bertz CT molecular complexity index is 1170. The van der Waals surface area contributed by atoms with Crippen molar-refractivity contribution in [1.29, 1.82) is 5.26 Å². The zero-order valence-electron chi connectivity index (χ0n) is 16.4. The van der Waals surface area contributed by atoms with Crippen molar-refractivity contribution < 1.29 is 27.5 Å². The van der Waals surface area contributed by atoms with Crippen LogP contribution in [0.4, 0.5) is 24.5 Å². The van der Waals surface area contributed by atoms with Crippen LogP contribution >= 0.6 is 0 Å². The number of carbonyl (C=O) groups is 2. The molecule has 6 nitrogen and oxygen atoms in total. The van der Waals surface area contributed by atoms with Gasteiger partial charge in [-0.05, 0) is 60.7 Å². The van der Waals surface area contributed by atoms with Crippen molar-refractivity contribution in [3.63, 3.8) is 0 Å². The Hall–Kier alpha value is -4.32. The molecular weight excluding hydrogens is 423 g/mol. The Morgan fingerprint density at radius 2 is 1.56 bits per heavy atom. The van der Waals surface area contributed by atoms with Crippen molar-refractivity contribution in [3.8, 4) is 11.8 Å². The van der Waals surface area contributed by atoms with Gasteiger partial charge in [0, 0.05) is 16.9 Å². The van der Waals surface area contributed by atoms with E-state index in [4.69, 9.17) is 10.00 Å². The first-order chi connectivity index (χ1) is 15.2. The summed E-state index contributed by atoms with van der Waals surface area (Å²) < 4.78 is 43.8. The first-order valence-corrected chi connectivity index (χ1v) is 9.26. The average Bonchev–Trinajstić information content (AvgIpc) is 2.78. The molecule has 0 spiro atoms. The van der Waals surface area contributed by atoms with Crippen LogP contribution in [0, 0.1) is 11.3 Å². The van der Waals surface area contributed by atoms with Crippen LogP contribution in [-0.4, -0.2) is 18.4 Å². The molecule has 9 heteroatoms. The number of nitrogens with one attached hydrogen (secondary N) is 2. The molecule has 0 saturated carbocycles. The van der Waals surface area contributed by atoms with Crippen molar-refractivity contribution in [2.24, 2.45) is 0 Å². The van der Waals surface area contributed by atoms with Crippen molar-refractivity contribution >= 4 is 23.2 Å².